The molecule has 0 amide bonds. The summed E-state index contributed by atoms with van der Waals surface area (Å²) < 4.78 is 11.7. The largest absolute Gasteiger partial charge is 0.493 e. The predicted octanol–water partition coefficient (Wildman–Crippen LogP) is 0.711. The molecule has 0 aromatic heterocycles. The third kappa shape index (κ3) is 1.78. The van der Waals surface area contributed by atoms with E-state index in [4.69, 9.17) is 9.31 Å². The van der Waals surface area contributed by atoms with Crippen LogP contribution in [0.4, 0.5) is 0 Å². The highest BCUT2D eigenvalue weighted by atomic mass is 16.7. The van der Waals surface area contributed by atoms with Crippen LogP contribution in [0.15, 0.2) is 11.7 Å². The highest BCUT2D eigenvalue weighted by Crippen LogP contribution is 2.38. The average molecular weight is 212 g/mol. The van der Waals surface area contributed by atoms with Gasteiger partial charge in [0.2, 0.25) is 0 Å². The molecular weight excluding hydrogens is 195 g/mol. The topological polar surface area (TPSA) is 54.0 Å². The van der Waals surface area contributed by atoms with Crippen LogP contribution >= 0.6 is 0 Å². The number of hydrazine groups is 1. The van der Waals surface area contributed by atoms with Crippen LogP contribution in [0, 0.1) is 0 Å². The SMILES string of the molecule is CC1(C)OB(C2=CNN(O)C2)OC1(C)C. The zero-order valence-electron chi connectivity index (χ0n) is 9.57. The Kier molecular flexibility index (Phi) is 2.35. The van der Waals surface area contributed by atoms with Gasteiger partial charge in [-0.15, -0.1) is 5.17 Å². The number of nitrogens with zero attached hydrogens (tertiary/aromatic N) is 1. The Morgan fingerprint density at radius 2 is 1.87 bits per heavy atom. The maximum atomic E-state index is 9.18. The first-order chi connectivity index (χ1) is 6.82. The molecule has 0 unspecified atom stereocenters. The first-order valence-electron chi connectivity index (χ1n) is 5.09. The van der Waals surface area contributed by atoms with E-state index in [2.05, 4.69) is 5.43 Å². The minimum atomic E-state index is -0.375. The molecular formula is C9H17BN2O3. The minimum Gasteiger partial charge on any atom is -0.399 e. The lowest BCUT2D eigenvalue weighted by Crippen LogP contribution is -2.41. The molecule has 1 fully saturated rings. The van der Waals surface area contributed by atoms with E-state index in [1.807, 2.05) is 27.7 Å². The van der Waals surface area contributed by atoms with E-state index < -0.39 is 0 Å². The van der Waals surface area contributed by atoms with Crippen molar-refractivity contribution < 1.29 is 14.5 Å². The van der Waals surface area contributed by atoms with Crippen LogP contribution in [0.2, 0.25) is 0 Å². The number of hydroxylamine groups is 1. The van der Waals surface area contributed by atoms with Gasteiger partial charge in [-0.3, -0.25) is 5.21 Å². The van der Waals surface area contributed by atoms with Gasteiger partial charge < -0.3 is 14.7 Å². The number of hydrogen-bond donors (Lipinski definition) is 2. The molecule has 0 atom stereocenters. The van der Waals surface area contributed by atoms with Crippen LogP contribution < -0.4 is 5.43 Å². The van der Waals surface area contributed by atoms with E-state index in [0.717, 1.165) is 10.6 Å². The third-order valence-corrected chi connectivity index (χ3v) is 3.29. The van der Waals surface area contributed by atoms with Crippen molar-refractivity contribution in [2.45, 2.75) is 38.9 Å². The zero-order chi connectivity index (χ0) is 11.3. The Morgan fingerprint density at radius 1 is 1.33 bits per heavy atom. The van der Waals surface area contributed by atoms with Crippen LogP contribution in [0.1, 0.15) is 27.7 Å². The molecule has 2 heterocycles. The summed E-state index contributed by atoms with van der Waals surface area (Å²) in [7, 11) is -0.375. The molecule has 2 N–H and O–H groups in total. The molecule has 2 aliphatic heterocycles. The second-order valence-electron chi connectivity index (χ2n) is 4.99. The summed E-state index contributed by atoms with van der Waals surface area (Å²) in [6, 6.07) is 0. The van der Waals surface area contributed by atoms with E-state index in [1.165, 1.54) is 0 Å². The summed E-state index contributed by atoms with van der Waals surface area (Å²) in [5.41, 5.74) is 2.90. The number of hydrogen-bond acceptors (Lipinski definition) is 5. The van der Waals surface area contributed by atoms with Crippen LogP contribution in [-0.4, -0.2) is 35.2 Å². The van der Waals surface area contributed by atoms with Gasteiger partial charge in [0.05, 0.1) is 17.7 Å². The summed E-state index contributed by atoms with van der Waals surface area (Å²) in [5, 5.41) is 10.2. The molecule has 1 saturated heterocycles. The maximum Gasteiger partial charge on any atom is 0.493 e. The van der Waals surface area contributed by atoms with Crippen LogP contribution in [-0.2, 0) is 9.31 Å². The molecule has 0 bridgehead atoms. The lowest BCUT2D eigenvalue weighted by molar-refractivity contribution is -0.106. The summed E-state index contributed by atoms with van der Waals surface area (Å²) in [6.45, 7) is 8.43. The van der Waals surface area contributed by atoms with Gasteiger partial charge in [0.1, 0.15) is 0 Å². The smallest absolute Gasteiger partial charge is 0.399 e. The average Bonchev–Trinajstić information content (AvgIpc) is 2.56. The van der Waals surface area contributed by atoms with Gasteiger partial charge in [0, 0.05) is 6.20 Å². The molecule has 2 aliphatic rings. The van der Waals surface area contributed by atoms with Gasteiger partial charge in [0.15, 0.2) is 0 Å². The second-order valence-corrected chi connectivity index (χ2v) is 4.99. The monoisotopic (exact) mass is 212 g/mol. The Hall–Kier alpha value is -0.555. The van der Waals surface area contributed by atoms with Crippen molar-refractivity contribution in [2.75, 3.05) is 6.54 Å². The Balaban J connectivity index is 2.10. The Labute approximate surface area is 90.1 Å². The van der Waals surface area contributed by atoms with Crippen molar-refractivity contribution in [1.82, 2.24) is 10.6 Å². The van der Waals surface area contributed by atoms with Crippen molar-refractivity contribution in [3.05, 3.63) is 11.7 Å². The first-order valence-corrected chi connectivity index (χ1v) is 5.09. The van der Waals surface area contributed by atoms with Gasteiger partial charge in [-0.2, -0.15) is 0 Å². The van der Waals surface area contributed by atoms with Gasteiger partial charge in [-0.05, 0) is 33.2 Å². The van der Waals surface area contributed by atoms with Gasteiger partial charge >= 0.3 is 7.12 Å². The van der Waals surface area contributed by atoms with E-state index in [-0.39, 0.29) is 18.3 Å². The van der Waals surface area contributed by atoms with E-state index in [1.54, 1.807) is 6.20 Å². The van der Waals surface area contributed by atoms with Gasteiger partial charge in [-0.25, -0.2) is 0 Å². The molecule has 5 nitrogen and oxygen atoms in total. The second kappa shape index (κ2) is 3.22. The Morgan fingerprint density at radius 3 is 2.27 bits per heavy atom. The zero-order valence-corrected chi connectivity index (χ0v) is 9.57. The van der Waals surface area contributed by atoms with E-state index >= 15 is 0 Å². The molecule has 0 aliphatic carbocycles. The molecule has 0 aromatic rings. The molecule has 2 rings (SSSR count). The normalized spacial score (nSPS) is 29.1. The molecule has 0 radical (unpaired) electrons. The molecule has 84 valence electrons. The number of nitrogens with one attached hydrogen (secondary N) is 1. The fraction of sp³-hybridized carbons (Fsp3) is 0.778. The molecule has 6 heteroatoms. The highest BCUT2D eigenvalue weighted by Gasteiger charge is 2.52. The first kappa shape index (κ1) is 10.9. The van der Waals surface area contributed by atoms with Crippen molar-refractivity contribution in [2.24, 2.45) is 0 Å². The van der Waals surface area contributed by atoms with E-state index in [9.17, 15) is 5.21 Å². The summed E-state index contributed by atoms with van der Waals surface area (Å²) in [5.74, 6) is 0. The van der Waals surface area contributed by atoms with Gasteiger partial charge in [-0.1, -0.05) is 0 Å². The molecule has 0 aromatic carbocycles. The lowest BCUT2D eigenvalue weighted by atomic mass is 9.79. The van der Waals surface area contributed by atoms with Crippen molar-refractivity contribution in [3.8, 4) is 0 Å². The van der Waals surface area contributed by atoms with E-state index in [0.29, 0.717) is 6.54 Å². The third-order valence-electron chi connectivity index (χ3n) is 3.29. The highest BCUT2D eigenvalue weighted by molar-refractivity contribution is 6.54. The Bertz CT molecular complexity index is 288. The summed E-state index contributed by atoms with van der Waals surface area (Å²) in [6.07, 6.45) is 1.71. The van der Waals surface area contributed by atoms with Crippen LogP contribution in [0.25, 0.3) is 0 Å². The summed E-state index contributed by atoms with van der Waals surface area (Å²) in [4.78, 5) is 0. The molecule has 0 spiro atoms. The fourth-order valence-electron chi connectivity index (χ4n) is 1.56. The number of rotatable bonds is 1. The lowest BCUT2D eigenvalue weighted by Gasteiger charge is -2.32. The minimum absolute atomic E-state index is 0.332. The van der Waals surface area contributed by atoms with Crippen molar-refractivity contribution in [3.63, 3.8) is 0 Å². The van der Waals surface area contributed by atoms with Crippen LogP contribution in [0.5, 0.6) is 0 Å². The predicted molar refractivity (Wildman–Crippen MR) is 55.8 cm³/mol. The quantitative estimate of drug-likeness (QED) is 0.627. The van der Waals surface area contributed by atoms with Crippen molar-refractivity contribution >= 4 is 7.12 Å². The fourth-order valence-corrected chi connectivity index (χ4v) is 1.56. The molecule has 15 heavy (non-hydrogen) atoms. The van der Waals surface area contributed by atoms with Crippen LogP contribution in [0.3, 0.4) is 0 Å². The van der Waals surface area contributed by atoms with Crippen molar-refractivity contribution in [1.29, 1.82) is 0 Å². The molecule has 0 saturated carbocycles. The standard InChI is InChI=1S/C9H17BN2O3/c1-8(2)9(3,4)15-10(14-8)7-5-11-12(13)6-7/h5,11,13H,6H2,1-4H3. The maximum absolute atomic E-state index is 9.18. The van der Waals surface area contributed by atoms with Gasteiger partial charge in [0.25, 0.3) is 0 Å². The summed E-state index contributed by atoms with van der Waals surface area (Å²) >= 11 is 0.